The largest absolute Gasteiger partial charge is 0.335 e. The molecule has 1 aromatic carbocycles. The van der Waals surface area contributed by atoms with Crippen molar-refractivity contribution >= 4 is 29.0 Å². The molecule has 86 valence electrons. The van der Waals surface area contributed by atoms with E-state index in [1.807, 2.05) is 0 Å². The third-order valence-corrected chi connectivity index (χ3v) is 2.76. The van der Waals surface area contributed by atoms with Crippen LogP contribution in [0.15, 0.2) is 37.1 Å². The lowest BCUT2D eigenvalue weighted by Gasteiger charge is -2.01. The van der Waals surface area contributed by atoms with Gasteiger partial charge in [-0.1, -0.05) is 29.8 Å². The summed E-state index contributed by atoms with van der Waals surface area (Å²) in [5.41, 5.74) is 1.41. The first kappa shape index (κ1) is 11.9. The highest BCUT2D eigenvalue weighted by Crippen LogP contribution is 2.29. The van der Waals surface area contributed by atoms with Crippen LogP contribution in [-0.4, -0.2) is 15.8 Å². The summed E-state index contributed by atoms with van der Waals surface area (Å²) in [6.45, 7) is 3.40. The molecule has 0 bridgehead atoms. The molecule has 0 aliphatic rings. The Morgan fingerprint density at radius 3 is 2.82 bits per heavy atom. The molecule has 0 saturated carbocycles. The fraction of sp³-hybridized carbons (Fsp3) is 0. The first-order chi connectivity index (χ1) is 8.11. The number of halogens is 2. The van der Waals surface area contributed by atoms with E-state index in [1.54, 1.807) is 24.4 Å². The number of imidazole rings is 1. The van der Waals surface area contributed by atoms with E-state index in [0.29, 0.717) is 15.7 Å². The fourth-order valence-electron chi connectivity index (χ4n) is 1.39. The van der Waals surface area contributed by atoms with Crippen LogP contribution in [0.3, 0.4) is 0 Å². The maximum Gasteiger partial charge on any atom is 0.220 e. The van der Waals surface area contributed by atoms with Gasteiger partial charge in [-0.25, -0.2) is 4.98 Å². The van der Waals surface area contributed by atoms with Gasteiger partial charge in [0.1, 0.15) is 0 Å². The molecule has 0 aliphatic carbocycles. The zero-order chi connectivity index (χ0) is 12.4. The lowest BCUT2D eigenvalue weighted by atomic mass is 10.2. The molecular weight excluding hydrogens is 259 g/mol. The number of benzene rings is 1. The summed E-state index contributed by atoms with van der Waals surface area (Å²) in [5, 5.41) is 1.06. The summed E-state index contributed by atoms with van der Waals surface area (Å²) in [4.78, 5) is 18.2. The third kappa shape index (κ3) is 2.40. The molecule has 0 atom stereocenters. The smallest absolute Gasteiger partial charge is 0.220 e. The quantitative estimate of drug-likeness (QED) is 0.679. The molecule has 0 saturated heterocycles. The van der Waals surface area contributed by atoms with E-state index in [0.717, 1.165) is 5.56 Å². The Morgan fingerprint density at radius 1 is 1.41 bits per heavy atom. The predicted octanol–water partition coefficient (Wildman–Crippen LogP) is 3.75. The van der Waals surface area contributed by atoms with Crippen LogP contribution >= 0.6 is 23.2 Å². The Bertz CT molecular complexity index is 590. The van der Waals surface area contributed by atoms with E-state index < -0.39 is 0 Å². The van der Waals surface area contributed by atoms with Crippen LogP contribution in [0.1, 0.15) is 10.6 Å². The number of H-pyrrole nitrogens is 1. The van der Waals surface area contributed by atoms with Crippen LogP contribution in [0.4, 0.5) is 0 Å². The topological polar surface area (TPSA) is 45.8 Å². The number of aromatic amines is 1. The lowest BCUT2D eigenvalue weighted by Crippen LogP contribution is -1.95. The van der Waals surface area contributed by atoms with Crippen molar-refractivity contribution in [2.45, 2.75) is 0 Å². The van der Waals surface area contributed by atoms with E-state index >= 15 is 0 Å². The van der Waals surface area contributed by atoms with Gasteiger partial charge in [0.25, 0.3) is 0 Å². The number of aromatic nitrogens is 2. The molecule has 5 heteroatoms. The zero-order valence-electron chi connectivity index (χ0n) is 8.71. The van der Waals surface area contributed by atoms with Gasteiger partial charge in [-0.3, -0.25) is 4.79 Å². The Morgan fingerprint density at radius 2 is 2.18 bits per heavy atom. The summed E-state index contributed by atoms with van der Waals surface area (Å²) in [5.74, 6) is -0.0256. The van der Waals surface area contributed by atoms with Gasteiger partial charge in [-0.15, -0.1) is 0 Å². The van der Waals surface area contributed by atoms with Gasteiger partial charge in [0.15, 0.2) is 5.82 Å². The van der Waals surface area contributed by atoms with Crippen molar-refractivity contribution in [3.8, 4) is 11.3 Å². The van der Waals surface area contributed by atoms with E-state index in [9.17, 15) is 4.79 Å². The number of carbonyl (C=O) groups is 1. The van der Waals surface area contributed by atoms with Crippen molar-refractivity contribution in [1.29, 1.82) is 0 Å². The standard InChI is InChI=1S/C12H8Cl2N2O/c1-2-11(17)12-15-6-10(16-12)8-4-3-7(13)5-9(8)14/h2-6H,1H2,(H,15,16). The number of hydrogen-bond donors (Lipinski definition) is 1. The van der Waals surface area contributed by atoms with Gasteiger partial charge in [-0.2, -0.15) is 0 Å². The van der Waals surface area contributed by atoms with Gasteiger partial charge >= 0.3 is 0 Å². The van der Waals surface area contributed by atoms with Crippen molar-refractivity contribution < 1.29 is 4.79 Å². The van der Waals surface area contributed by atoms with Crippen LogP contribution in [0, 0.1) is 0 Å². The second kappa shape index (κ2) is 4.73. The number of nitrogens with one attached hydrogen (secondary N) is 1. The van der Waals surface area contributed by atoms with Gasteiger partial charge in [0.05, 0.1) is 16.9 Å². The Labute approximate surface area is 108 Å². The van der Waals surface area contributed by atoms with Crippen molar-refractivity contribution in [3.05, 3.63) is 52.9 Å². The van der Waals surface area contributed by atoms with Gasteiger partial charge < -0.3 is 4.98 Å². The first-order valence-corrected chi connectivity index (χ1v) is 5.54. The van der Waals surface area contributed by atoms with Crippen molar-refractivity contribution in [2.75, 3.05) is 0 Å². The fourth-order valence-corrected chi connectivity index (χ4v) is 1.90. The third-order valence-electron chi connectivity index (χ3n) is 2.22. The average molecular weight is 267 g/mol. The minimum absolute atomic E-state index is 0.237. The number of hydrogen-bond acceptors (Lipinski definition) is 2. The molecule has 0 spiro atoms. The predicted molar refractivity (Wildman–Crippen MR) is 68.6 cm³/mol. The Hall–Kier alpha value is -1.58. The van der Waals surface area contributed by atoms with Crippen LogP contribution in [0.5, 0.6) is 0 Å². The van der Waals surface area contributed by atoms with Crippen LogP contribution < -0.4 is 0 Å². The van der Waals surface area contributed by atoms with Crippen molar-refractivity contribution in [3.63, 3.8) is 0 Å². The summed E-state index contributed by atoms with van der Waals surface area (Å²) >= 11 is 11.9. The second-order valence-electron chi connectivity index (χ2n) is 3.34. The SMILES string of the molecule is C=CC(=O)c1ncc(-c2ccc(Cl)cc2Cl)[nH]1. The molecule has 1 N–H and O–H groups in total. The average Bonchev–Trinajstić information content (AvgIpc) is 2.77. The van der Waals surface area contributed by atoms with Gasteiger partial charge in [0, 0.05) is 10.6 Å². The second-order valence-corrected chi connectivity index (χ2v) is 4.18. The minimum Gasteiger partial charge on any atom is -0.335 e. The molecule has 3 nitrogen and oxygen atoms in total. The van der Waals surface area contributed by atoms with Gasteiger partial charge in [-0.05, 0) is 24.3 Å². The molecule has 0 amide bonds. The summed E-state index contributed by atoms with van der Waals surface area (Å²) < 4.78 is 0. The number of carbonyl (C=O) groups excluding carboxylic acids is 1. The number of nitrogens with zero attached hydrogens (tertiary/aromatic N) is 1. The minimum atomic E-state index is -0.263. The van der Waals surface area contributed by atoms with Crippen LogP contribution in [0.25, 0.3) is 11.3 Å². The highest BCUT2D eigenvalue weighted by atomic mass is 35.5. The van der Waals surface area contributed by atoms with Crippen LogP contribution in [0.2, 0.25) is 10.0 Å². The monoisotopic (exact) mass is 266 g/mol. The van der Waals surface area contributed by atoms with Gasteiger partial charge in [0.2, 0.25) is 5.78 Å². The summed E-state index contributed by atoms with van der Waals surface area (Å²) in [7, 11) is 0. The maximum absolute atomic E-state index is 11.3. The molecule has 0 fully saturated rings. The molecular formula is C12H8Cl2N2O. The zero-order valence-corrected chi connectivity index (χ0v) is 10.2. The highest BCUT2D eigenvalue weighted by Gasteiger charge is 2.10. The molecule has 1 heterocycles. The van der Waals surface area contributed by atoms with E-state index in [1.165, 1.54) is 6.08 Å². The summed E-state index contributed by atoms with van der Waals surface area (Å²) in [6.07, 6.45) is 2.75. The molecule has 2 aromatic rings. The van der Waals surface area contributed by atoms with Crippen molar-refractivity contribution in [1.82, 2.24) is 9.97 Å². The summed E-state index contributed by atoms with van der Waals surface area (Å²) in [6, 6.07) is 5.12. The highest BCUT2D eigenvalue weighted by molar-refractivity contribution is 6.36. The molecule has 0 unspecified atom stereocenters. The molecule has 0 radical (unpaired) electrons. The van der Waals surface area contributed by atoms with Crippen LogP contribution in [-0.2, 0) is 0 Å². The Balaban J connectivity index is 2.43. The van der Waals surface area contributed by atoms with Crippen molar-refractivity contribution in [2.24, 2.45) is 0 Å². The first-order valence-electron chi connectivity index (χ1n) is 4.79. The number of ketones is 1. The molecule has 0 aliphatic heterocycles. The molecule has 17 heavy (non-hydrogen) atoms. The van der Waals surface area contributed by atoms with E-state index in [2.05, 4.69) is 16.5 Å². The normalized spacial score (nSPS) is 10.2. The Kier molecular flexibility index (Phi) is 3.31. The lowest BCUT2D eigenvalue weighted by molar-refractivity contribution is 0.103. The maximum atomic E-state index is 11.3. The molecule has 1 aromatic heterocycles. The number of rotatable bonds is 3. The molecule has 2 rings (SSSR count). The van der Waals surface area contributed by atoms with E-state index in [-0.39, 0.29) is 11.6 Å². The number of allylic oxidation sites excluding steroid dienone is 1. The van der Waals surface area contributed by atoms with E-state index in [4.69, 9.17) is 23.2 Å².